The molecule has 4 amide bonds. The largest absolute Gasteiger partial charge is 0.481 e. The Bertz CT molecular complexity index is 1790. The highest BCUT2D eigenvalue weighted by Gasteiger charge is 2.32. The highest BCUT2D eigenvalue weighted by molar-refractivity contribution is 7.90. The fourth-order valence-electron chi connectivity index (χ4n) is 4.65. The molecule has 9 N–H and O–H groups in total. The second-order valence-electron chi connectivity index (χ2n) is 10.8. The number of rotatable bonds is 17. The molecule has 0 saturated heterocycles. The number of carbonyl (C=O) groups excluding carboxylic acids is 4. The number of benzene rings is 2. The lowest BCUT2D eigenvalue weighted by Crippen LogP contribution is -2.58. The summed E-state index contributed by atoms with van der Waals surface area (Å²) in [5.74, 6) is -5.87. The lowest BCUT2D eigenvalue weighted by molar-refractivity contribution is -0.141. The van der Waals surface area contributed by atoms with Crippen LogP contribution in [0.15, 0.2) is 59.8 Å². The van der Waals surface area contributed by atoms with Crippen molar-refractivity contribution < 1.29 is 37.5 Å². The normalized spacial score (nSPS) is 13.7. The number of hydrogen-bond donors (Lipinski definition) is 7. The Kier molecular flexibility index (Phi) is 12.4. The Labute approximate surface area is 269 Å². The second-order valence-corrected chi connectivity index (χ2v) is 13.1. The summed E-state index contributed by atoms with van der Waals surface area (Å²) < 4.78 is 23.8. The monoisotopic (exact) mass is 669 g/mol. The molecule has 0 aliphatic rings. The van der Waals surface area contributed by atoms with Crippen molar-refractivity contribution in [2.45, 2.75) is 49.9 Å². The van der Waals surface area contributed by atoms with Crippen LogP contribution in [0.5, 0.6) is 0 Å². The number of nitrogens with one attached hydrogen (secondary N) is 4. The third kappa shape index (κ3) is 11.1. The van der Waals surface area contributed by atoms with Crippen molar-refractivity contribution in [1.29, 1.82) is 0 Å². The molecule has 0 fully saturated rings. The number of carbonyl (C=O) groups is 5. The highest BCUT2D eigenvalue weighted by Crippen LogP contribution is 2.19. The topological polar surface area (TPSA) is 292 Å². The van der Waals surface area contributed by atoms with E-state index >= 15 is 0 Å². The smallest absolute Gasteiger partial charge is 0.305 e. The van der Waals surface area contributed by atoms with Crippen LogP contribution in [0.25, 0.3) is 21.3 Å². The van der Waals surface area contributed by atoms with E-state index < -0.39 is 82.2 Å². The summed E-state index contributed by atoms with van der Waals surface area (Å²) in [5.41, 5.74) is 22.5. The van der Waals surface area contributed by atoms with Gasteiger partial charge in [-0.2, -0.15) is 0 Å². The predicted octanol–water partition coefficient (Wildman–Crippen LogP) is 0.0713. The number of carboxylic acids is 1. The summed E-state index contributed by atoms with van der Waals surface area (Å²) in [6, 6.07) is 7.59. The van der Waals surface area contributed by atoms with Crippen LogP contribution in [-0.4, -0.2) is 84.3 Å². The molecule has 0 spiro atoms. The maximum Gasteiger partial charge on any atom is 0.305 e. The fourth-order valence-corrected chi connectivity index (χ4v) is 5.31. The molecule has 18 heteroatoms. The van der Waals surface area contributed by atoms with Gasteiger partial charge in [0.05, 0.1) is 18.2 Å². The van der Waals surface area contributed by atoms with Gasteiger partial charge in [0.2, 0.25) is 23.6 Å². The summed E-state index contributed by atoms with van der Waals surface area (Å²) in [6.07, 6.45) is 1.25. The van der Waals surface area contributed by atoms with Gasteiger partial charge >= 0.3 is 5.97 Å². The van der Waals surface area contributed by atoms with E-state index in [4.69, 9.17) is 17.0 Å². The first kappa shape index (κ1) is 36.0. The Balaban J connectivity index is 1.75. The SMILES string of the molecule is CS(=O)(=O)CC[C@H](NC(=O)[C@H](N)Cc1c[nH]c2ccccc12)C(=O)N[C@@H](CC(=O)O)C(=O)N[C@@H](Cc1ccc(N=[N+]=[N-])cc1)C(N)=O. The summed E-state index contributed by atoms with van der Waals surface area (Å²) in [7, 11) is -3.61. The average molecular weight is 670 g/mol. The number of nitrogens with two attached hydrogens (primary N) is 2. The lowest BCUT2D eigenvalue weighted by Gasteiger charge is -2.25. The van der Waals surface area contributed by atoms with Crippen molar-refractivity contribution in [1.82, 2.24) is 20.9 Å². The Morgan fingerprint density at radius 3 is 2.17 bits per heavy atom. The number of carboxylic acid groups (broad SMARTS) is 1. The van der Waals surface area contributed by atoms with Crippen molar-refractivity contribution in [2.24, 2.45) is 16.6 Å². The molecule has 4 atom stereocenters. The quantitative estimate of drug-likeness (QED) is 0.0580. The van der Waals surface area contributed by atoms with Gasteiger partial charge in [0.15, 0.2) is 0 Å². The Morgan fingerprint density at radius 2 is 1.55 bits per heavy atom. The number of aliphatic carboxylic acids is 1. The van der Waals surface area contributed by atoms with Crippen LogP contribution < -0.4 is 27.4 Å². The molecular weight excluding hydrogens is 634 g/mol. The molecule has 47 heavy (non-hydrogen) atoms. The van der Waals surface area contributed by atoms with E-state index in [9.17, 15) is 37.5 Å². The fraction of sp³-hybridized carbons (Fsp3) is 0.345. The minimum atomic E-state index is -3.61. The highest BCUT2D eigenvalue weighted by atomic mass is 32.2. The number of H-pyrrole nitrogens is 1. The van der Waals surface area contributed by atoms with Crippen LogP contribution in [0, 0.1) is 0 Å². The van der Waals surface area contributed by atoms with Crippen LogP contribution in [0.3, 0.4) is 0 Å². The molecule has 1 aromatic heterocycles. The van der Waals surface area contributed by atoms with Crippen molar-refractivity contribution in [3.05, 3.63) is 76.3 Å². The van der Waals surface area contributed by atoms with E-state index in [1.807, 2.05) is 24.3 Å². The number of sulfone groups is 1. The molecule has 2 aromatic carbocycles. The van der Waals surface area contributed by atoms with E-state index in [1.165, 1.54) is 24.3 Å². The van der Waals surface area contributed by atoms with Crippen molar-refractivity contribution in [3.63, 3.8) is 0 Å². The van der Waals surface area contributed by atoms with Crippen LogP contribution >= 0.6 is 0 Å². The Hall–Kier alpha value is -5.45. The van der Waals surface area contributed by atoms with Crippen molar-refractivity contribution in [3.8, 4) is 0 Å². The summed E-state index contributed by atoms with van der Waals surface area (Å²) >= 11 is 0. The zero-order chi connectivity index (χ0) is 34.7. The van der Waals surface area contributed by atoms with Gasteiger partial charge in [-0.3, -0.25) is 24.0 Å². The van der Waals surface area contributed by atoms with E-state index in [0.717, 1.165) is 22.7 Å². The zero-order valence-corrected chi connectivity index (χ0v) is 26.1. The molecule has 0 aliphatic heterocycles. The molecular formula is C29H35N9O8S. The molecule has 0 saturated carbocycles. The van der Waals surface area contributed by atoms with E-state index in [2.05, 4.69) is 31.0 Å². The number of fused-ring (bicyclic) bond motifs is 1. The lowest BCUT2D eigenvalue weighted by atomic mass is 10.0. The van der Waals surface area contributed by atoms with Crippen LogP contribution in [-0.2, 0) is 46.7 Å². The Morgan fingerprint density at radius 1 is 0.936 bits per heavy atom. The van der Waals surface area contributed by atoms with Gasteiger partial charge in [-0.05, 0) is 35.6 Å². The molecule has 250 valence electrons. The van der Waals surface area contributed by atoms with Crippen LogP contribution in [0.1, 0.15) is 24.0 Å². The second kappa shape index (κ2) is 16.2. The zero-order valence-electron chi connectivity index (χ0n) is 25.3. The number of amides is 4. The molecule has 0 unspecified atom stereocenters. The standard InChI is InChI=1S/C29H35N9O8S/c1-47(45,46)11-10-22(34-27(42)20(30)13-17-15-33-21-5-3-2-4-19(17)21)28(43)36-24(14-25(39)40)29(44)35-23(26(31)41)12-16-6-8-18(9-7-16)37-38-32/h2-9,15,20,22-24,33H,10-14,30H2,1H3,(H2,31,41)(H,34,42)(H,35,44)(H,36,43)(H,39,40)/t20-,22+,23+,24+/m1/s1. The molecule has 17 nitrogen and oxygen atoms in total. The third-order valence-electron chi connectivity index (χ3n) is 7.07. The van der Waals surface area contributed by atoms with Gasteiger partial charge in [-0.1, -0.05) is 47.6 Å². The summed E-state index contributed by atoms with van der Waals surface area (Å²) in [5, 5.41) is 20.7. The van der Waals surface area contributed by atoms with Crippen LogP contribution in [0.2, 0.25) is 0 Å². The van der Waals surface area contributed by atoms with Gasteiger partial charge < -0.3 is 37.5 Å². The minimum absolute atomic E-state index is 0.0725. The number of para-hydroxylation sites is 1. The van der Waals surface area contributed by atoms with Gasteiger partial charge in [0, 0.05) is 40.4 Å². The first-order chi connectivity index (χ1) is 22.2. The summed E-state index contributed by atoms with van der Waals surface area (Å²) in [6.45, 7) is 0. The maximum absolute atomic E-state index is 13.3. The average Bonchev–Trinajstić information content (AvgIpc) is 3.41. The van der Waals surface area contributed by atoms with Gasteiger partial charge in [-0.15, -0.1) is 0 Å². The van der Waals surface area contributed by atoms with Crippen molar-refractivity contribution >= 4 is 56.0 Å². The third-order valence-corrected chi connectivity index (χ3v) is 8.05. The molecule has 3 aromatic rings. The molecule has 3 rings (SSSR count). The summed E-state index contributed by atoms with van der Waals surface area (Å²) in [4.78, 5) is 69.1. The molecule has 0 radical (unpaired) electrons. The van der Waals surface area contributed by atoms with Crippen LogP contribution in [0.4, 0.5) is 5.69 Å². The first-order valence-corrected chi connectivity index (χ1v) is 16.3. The number of aromatic nitrogens is 1. The number of nitrogens with zero attached hydrogens (tertiary/aromatic N) is 3. The number of aromatic amines is 1. The van der Waals surface area contributed by atoms with Gasteiger partial charge in [0.25, 0.3) is 0 Å². The molecule has 0 aliphatic carbocycles. The number of hydrogen-bond acceptors (Lipinski definition) is 9. The molecule has 0 bridgehead atoms. The number of primary amides is 1. The predicted molar refractivity (Wildman–Crippen MR) is 170 cm³/mol. The first-order valence-electron chi connectivity index (χ1n) is 14.2. The number of azide groups is 1. The van der Waals surface area contributed by atoms with Gasteiger partial charge in [-0.25, -0.2) is 8.42 Å². The minimum Gasteiger partial charge on any atom is -0.481 e. The van der Waals surface area contributed by atoms with E-state index in [0.29, 0.717) is 11.3 Å². The molecule has 1 heterocycles. The maximum atomic E-state index is 13.3. The van der Waals surface area contributed by atoms with Crippen molar-refractivity contribution in [2.75, 3.05) is 12.0 Å². The van der Waals surface area contributed by atoms with E-state index in [1.54, 1.807) is 6.20 Å². The van der Waals surface area contributed by atoms with E-state index in [-0.39, 0.29) is 12.8 Å². The van der Waals surface area contributed by atoms with Gasteiger partial charge in [0.1, 0.15) is 28.0 Å².